The van der Waals surface area contributed by atoms with Gasteiger partial charge in [0.2, 0.25) is 0 Å². The number of ether oxygens (including phenoxy) is 3. The third-order valence-corrected chi connectivity index (χ3v) is 4.70. The van der Waals surface area contributed by atoms with Crippen molar-refractivity contribution in [1.29, 1.82) is 0 Å². The van der Waals surface area contributed by atoms with E-state index in [1.54, 1.807) is 36.4 Å². The van der Waals surface area contributed by atoms with E-state index >= 15 is 0 Å². The highest BCUT2D eigenvalue weighted by Gasteiger charge is 2.22. The molecule has 8 heteroatoms. The van der Waals surface area contributed by atoms with Gasteiger partial charge < -0.3 is 19.5 Å². The van der Waals surface area contributed by atoms with E-state index in [1.807, 2.05) is 0 Å². The van der Waals surface area contributed by atoms with Crippen molar-refractivity contribution in [3.05, 3.63) is 48.0 Å². The van der Waals surface area contributed by atoms with Crippen molar-refractivity contribution in [3.63, 3.8) is 0 Å². The first kappa shape index (κ1) is 20.4. The number of carbonyl (C=O) groups excluding carboxylic acids is 2. The predicted octanol–water partition coefficient (Wildman–Crippen LogP) is 2.63. The van der Waals surface area contributed by atoms with Crippen LogP contribution < -0.4 is 14.8 Å². The molecule has 0 aliphatic carbocycles. The summed E-state index contributed by atoms with van der Waals surface area (Å²) in [5.41, 5.74) is 0.639. The van der Waals surface area contributed by atoms with Crippen molar-refractivity contribution in [2.75, 3.05) is 25.8 Å². The van der Waals surface area contributed by atoms with Gasteiger partial charge in [-0.1, -0.05) is 12.1 Å². The number of nitrogens with one attached hydrogen (secondary N) is 1. The molecule has 0 saturated heterocycles. The topological polar surface area (TPSA) is 90.9 Å². The molecule has 2 rings (SSSR count). The molecule has 0 unspecified atom stereocenters. The van der Waals surface area contributed by atoms with E-state index in [9.17, 15) is 13.8 Å². The van der Waals surface area contributed by atoms with Gasteiger partial charge in [-0.25, -0.2) is 4.79 Å². The molecule has 0 bridgehead atoms. The first-order valence-electron chi connectivity index (χ1n) is 8.03. The molecule has 0 aliphatic rings. The SMILES string of the molecule is COc1ccc(NC(=O)[C@H](C)OC(=O)c2ccccc2[S@@](C)=O)cc1OC. The molecule has 7 nitrogen and oxygen atoms in total. The minimum absolute atomic E-state index is 0.170. The number of carbonyl (C=O) groups is 2. The molecule has 27 heavy (non-hydrogen) atoms. The number of esters is 1. The quantitative estimate of drug-likeness (QED) is 0.730. The van der Waals surface area contributed by atoms with Crippen LogP contribution in [0.25, 0.3) is 0 Å². The zero-order chi connectivity index (χ0) is 20.0. The molecule has 0 aliphatic heterocycles. The van der Waals surface area contributed by atoms with Gasteiger partial charge >= 0.3 is 5.97 Å². The zero-order valence-corrected chi connectivity index (χ0v) is 16.3. The van der Waals surface area contributed by atoms with Crippen molar-refractivity contribution >= 4 is 28.4 Å². The lowest BCUT2D eigenvalue weighted by Gasteiger charge is -2.15. The van der Waals surface area contributed by atoms with Crippen LogP contribution in [-0.2, 0) is 20.3 Å². The number of hydrogen-bond acceptors (Lipinski definition) is 6. The van der Waals surface area contributed by atoms with Gasteiger partial charge in [0.1, 0.15) is 0 Å². The summed E-state index contributed by atoms with van der Waals surface area (Å²) in [6.45, 7) is 1.46. The fourth-order valence-corrected chi connectivity index (χ4v) is 3.05. The van der Waals surface area contributed by atoms with E-state index in [0.29, 0.717) is 22.1 Å². The molecule has 0 aromatic heterocycles. The Balaban J connectivity index is 2.08. The van der Waals surface area contributed by atoms with Crippen molar-refractivity contribution in [3.8, 4) is 11.5 Å². The molecule has 0 heterocycles. The van der Waals surface area contributed by atoms with Crippen molar-refractivity contribution < 1.29 is 28.0 Å². The number of rotatable bonds is 7. The van der Waals surface area contributed by atoms with Gasteiger partial charge in [0.15, 0.2) is 17.6 Å². The Morgan fingerprint density at radius 2 is 1.70 bits per heavy atom. The van der Waals surface area contributed by atoms with E-state index < -0.39 is 28.8 Å². The molecule has 2 aromatic rings. The molecule has 0 saturated carbocycles. The molecule has 144 valence electrons. The van der Waals surface area contributed by atoms with Crippen LogP contribution in [0.5, 0.6) is 11.5 Å². The second-order valence-electron chi connectivity index (χ2n) is 5.56. The normalized spacial score (nSPS) is 12.6. The summed E-state index contributed by atoms with van der Waals surface area (Å²) in [6, 6.07) is 11.3. The van der Waals surface area contributed by atoms with E-state index in [1.165, 1.54) is 33.5 Å². The van der Waals surface area contributed by atoms with Crippen molar-refractivity contribution in [1.82, 2.24) is 0 Å². The average Bonchev–Trinajstić information content (AvgIpc) is 2.67. The summed E-state index contributed by atoms with van der Waals surface area (Å²) in [5.74, 6) is -0.236. The van der Waals surface area contributed by atoms with Crippen LogP contribution in [0.3, 0.4) is 0 Å². The minimum atomic E-state index is -1.35. The molecule has 0 radical (unpaired) electrons. The maximum atomic E-state index is 12.3. The fraction of sp³-hybridized carbons (Fsp3) is 0.263. The highest BCUT2D eigenvalue weighted by molar-refractivity contribution is 7.84. The lowest BCUT2D eigenvalue weighted by molar-refractivity contribution is -0.123. The maximum absolute atomic E-state index is 12.3. The van der Waals surface area contributed by atoms with E-state index in [2.05, 4.69) is 5.32 Å². The third kappa shape index (κ3) is 5.07. The third-order valence-electron chi connectivity index (χ3n) is 3.72. The standard InChI is InChI=1S/C19H21NO6S/c1-12(26-19(22)14-7-5-6-8-17(14)27(4)23)18(21)20-13-9-10-15(24-2)16(11-13)25-3/h5-12H,1-4H3,(H,20,21)/t12-,27+/m0/s1. The van der Waals surface area contributed by atoms with Gasteiger partial charge in [0, 0.05) is 18.0 Å². The zero-order valence-electron chi connectivity index (χ0n) is 15.5. The Bertz CT molecular complexity index is 867. The highest BCUT2D eigenvalue weighted by Crippen LogP contribution is 2.29. The van der Waals surface area contributed by atoms with Crippen LogP contribution in [0.2, 0.25) is 0 Å². The lowest BCUT2D eigenvalue weighted by atomic mass is 10.2. The Kier molecular flexibility index (Phi) is 6.95. The van der Waals surface area contributed by atoms with Gasteiger partial charge in [-0.3, -0.25) is 9.00 Å². The number of anilines is 1. The second kappa shape index (κ2) is 9.18. The Hall–Kier alpha value is -2.87. The largest absolute Gasteiger partial charge is 0.493 e. The van der Waals surface area contributed by atoms with Crippen LogP contribution in [-0.4, -0.2) is 42.7 Å². The van der Waals surface area contributed by atoms with Crippen LogP contribution >= 0.6 is 0 Å². The van der Waals surface area contributed by atoms with Crippen molar-refractivity contribution in [2.24, 2.45) is 0 Å². The molecule has 1 amide bonds. The average molecular weight is 391 g/mol. The van der Waals surface area contributed by atoms with Crippen LogP contribution in [0.1, 0.15) is 17.3 Å². The molecule has 0 fully saturated rings. The summed E-state index contributed by atoms with van der Waals surface area (Å²) in [5, 5.41) is 2.65. The number of amides is 1. The number of hydrogen-bond donors (Lipinski definition) is 1. The van der Waals surface area contributed by atoms with Gasteiger partial charge in [-0.05, 0) is 31.2 Å². The fourth-order valence-electron chi connectivity index (χ4n) is 2.32. The second-order valence-corrected chi connectivity index (χ2v) is 6.90. The highest BCUT2D eigenvalue weighted by atomic mass is 32.2. The lowest BCUT2D eigenvalue weighted by Crippen LogP contribution is -2.30. The molecule has 2 aromatic carbocycles. The van der Waals surface area contributed by atoms with E-state index in [0.717, 1.165) is 0 Å². The Morgan fingerprint density at radius 1 is 1.04 bits per heavy atom. The van der Waals surface area contributed by atoms with Crippen LogP contribution in [0.4, 0.5) is 5.69 Å². The van der Waals surface area contributed by atoms with Gasteiger partial charge in [-0.15, -0.1) is 0 Å². The van der Waals surface area contributed by atoms with Gasteiger partial charge in [-0.2, -0.15) is 0 Å². The first-order chi connectivity index (χ1) is 12.9. The van der Waals surface area contributed by atoms with Gasteiger partial charge in [0.05, 0.1) is 35.5 Å². The molecular weight excluding hydrogens is 370 g/mol. The first-order valence-corrected chi connectivity index (χ1v) is 9.59. The van der Waals surface area contributed by atoms with Gasteiger partial charge in [0.25, 0.3) is 5.91 Å². The molecular formula is C19H21NO6S. The van der Waals surface area contributed by atoms with E-state index in [4.69, 9.17) is 14.2 Å². The van der Waals surface area contributed by atoms with Crippen molar-refractivity contribution in [2.45, 2.75) is 17.9 Å². The number of benzene rings is 2. The predicted molar refractivity (Wildman–Crippen MR) is 102 cm³/mol. The minimum Gasteiger partial charge on any atom is -0.493 e. The summed E-state index contributed by atoms with van der Waals surface area (Å²) >= 11 is 0. The Labute approximate surface area is 160 Å². The Morgan fingerprint density at radius 3 is 2.33 bits per heavy atom. The molecule has 0 spiro atoms. The molecule has 2 atom stereocenters. The summed E-state index contributed by atoms with van der Waals surface area (Å²) in [6.07, 6.45) is 0.420. The summed E-state index contributed by atoms with van der Waals surface area (Å²) < 4.78 is 27.3. The monoisotopic (exact) mass is 391 g/mol. The maximum Gasteiger partial charge on any atom is 0.340 e. The smallest absolute Gasteiger partial charge is 0.340 e. The van der Waals surface area contributed by atoms with E-state index in [-0.39, 0.29) is 5.56 Å². The van der Waals surface area contributed by atoms with Crippen LogP contribution in [0, 0.1) is 0 Å². The van der Waals surface area contributed by atoms with Crippen LogP contribution in [0.15, 0.2) is 47.4 Å². The molecule has 1 N–H and O–H groups in total. The number of methoxy groups -OCH3 is 2. The summed E-state index contributed by atoms with van der Waals surface area (Å²) in [7, 11) is 1.65. The summed E-state index contributed by atoms with van der Waals surface area (Å²) in [4.78, 5) is 25.0.